The van der Waals surface area contributed by atoms with Gasteiger partial charge in [0.15, 0.2) is 11.5 Å². The van der Waals surface area contributed by atoms with Crippen molar-refractivity contribution in [2.75, 3.05) is 13.9 Å². The summed E-state index contributed by atoms with van der Waals surface area (Å²) in [5.74, 6) is -2.35. The van der Waals surface area contributed by atoms with Gasteiger partial charge in [0, 0.05) is 6.07 Å². The van der Waals surface area contributed by atoms with E-state index in [2.05, 4.69) is 9.68 Å². The van der Waals surface area contributed by atoms with Crippen LogP contribution in [-0.4, -0.2) is 30.1 Å². The molecule has 3 rings (SSSR count). The number of hydrogen-bond acceptors (Lipinski definition) is 6. The second-order valence-corrected chi connectivity index (χ2v) is 3.89. The molecule has 2 heterocycles. The lowest BCUT2D eigenvalue weighted by Crippen LogP contribution is -1.95. The van der Waals surface area contributed by atoms with Gasteiger partial charge in [0.2, 0.25) is 24.1 Å². The van der Waals surface area contributed by atoms with E-state index in [-0.39, 0.29) is 41.1 Å². The second kappa shape index (κ2) is 4.41. The van der Waals surface area contributed by atoms with Gasteiger partial charge < -0.3 is 23.8 Å². The van der Waals surface area contributed by atoms with Crippen LogP contribution in [0, 0.1) is 5.82 Å². The van der Waals surface area contributed by atoms with Crippen molar-refractivity contribution in [1.82, 2.24) is 5.16 Å². The van der Waals surface area contributed by atoms with E-state index in [0.29, 0.717) is 0 Å². The summed E-state index contributed by atoms with van der Waals surface area (Å²) < 4.78 is 33.9. The quantitative estimate of drug-likeness (QED) is 0.918. The van der Waals surface area contributed by atoms with Crippen LogP contribution in [0.4, 0.5) is 4.39 Å². The molecule has 0 fully saturated rings. The maximum atomic E-state index is 14.2. The molecule has 1 aliphatic rings. The van der Waals surface area contributed by atoms with Crippen molar-refractivity contribution in [2.24, 2.45) is 0 Å². The maximum absolute atomic E-state index is 14.2. The van der Waals surface area contributed by atoms with E-state index < -0.39 is 11.8 Å². The molecule has 2 aromatic rings. The summed E-state index contributed by atoms with van der Waals surface area (Å²) in [5, 5.41) is 12.4. The Morgan fingerprint density at radius 3 is 2.90 bits per heavy atom. The first-order valence-electron chi connectivity index (χ1n) is 5.48. The number of carboxylic acid groups (broad SMARTS) is 1. The Morgan fingerprint density at radius 1 is 1.45 bits per heavy atom. The van der Waals surface area contributed by atoms with E-state index >= 15 is 0 Å². The van der Waals surface area contributed by atoms with Gasteiger partial charge in [-0.05, 0) is 6.07 Å². The molecular weight excluding hydrogens is 273 g/mol. The van der Waals surface area contributed by atoms with E-state index in [1.807, 2.05) is 0 Å². The molecule has 7 nitrogen and oxygen atoms in total. The Balaban J connectivity index is 2.17. The van der Waals surface area contributed by atoms with Crippen LogP contribution in [0.15, 0.2) is 16.7 Å². The summed E-state index contributed by atoms with van der Waals surface area (Å²) in [4.78, 5) is 10.8. The molecule has 0 aliphatic carbocycles. The smallest absolute Gasteiger partial charge is 0.374 e. The molecule has 0 radical (unpaired) electrons. The van der Waals surface area contributed by atoms with Crippen LogP contribution in [0.25, 0.3) is 11.3 Å². The molecule has 0 spiro atoms. The molecule has 1 N–H and O–H groups in total. The summed E-state index contributed by atoms with van der Waals surface area (Å²) in [6.07, 6.45) is 0. The van der Waals surface area contributed by atoms with Crippen LogP contribution in [0.5, 0.6) is 17.2 Å². The highest BCUT2D eigenvalue weighted by Crippen LogP contribution is 2.45. The number of benzene rings is 1. The molecule has 8 heteroatoms. The van der Waals surface area contributed by atoms with Gasteiger partial charge in [-0.15, -0.1) is 0 Å². The number of nitrogens with zero attached hydrogens (tertiary/aromatic N) is 1. The predicted molar refractivity (Wildman–Crippen MR) is 61.5 cm³/mol. The highest BCUT2D eigenvalue weighted by molar-refractivity contribution is 5.86. The fourth-order valence-electron chi connectivity index (χ4n) is 1.88. The van der Waals surface area contributed by atoms with Crippen LogP contribution in [0.1, 0.15) is 10.6 Å². The average Bonchev–Trinajstić information content (AvgIpc) is 3.07. The van der Waals surface area contributed by atoms with E-state index in [1.165, 1.54) is 19.2 Å². The number of hydrogen-bond donors (Lipinski definition) is 1. The largest absolute Gasteiger partial charge is 0.493 e. The van der Waals surface area contributed by atoms with Gasteiger partial charge in [-0.3, -0.25) is 0 Å². The first-order chi connectivity index (χ1) is 9.61. The number of aromatic carboxylic acids is 1. The number of carbonyl (C=O) groups is 1. The highest BCUT2D eigenvalue weighted by Gasteiger charge is 2.27. The molecule has 0 amide bonds. The molecule has 0 bridgehead atoms. The Labute approximate surface area is 111 Å². The zero-order valence-corrected chi connectivity index (χ0v) is 10.2. The fraction of sp³-hybridized carbons (Fsp3) is 0.167. The normalized spacial score (nSPS) is 12.5. The minimum atomic E-state index is -1.27. The van der Waals surface area contributed by atoms with Crippen molar-refractivity contribution in [2.45, 2.75) is 0 Å². The fourth-order valence-corrected chi connectivity index (χ4v) is 1.88. The molecule has 0 saturated heterocycles. The minimum absolute atomic E-state index is 0.0486. The monoisotopic (exact) mass is 281 g/mol. The molecule has 0 unspecified atom stereocenters. The van der Waals surface area contributed by atoms with E-state index in [9.17, 15) is 9.18 Å². The van der Waals surface area contributed by atoms with Gasteiger partial charge in [0.05, 0.1) is 12.7 Å². The summed E-state index contributed by atoms with van der Waals surface area (Å²) in [5.41, 5.74) is 0.335. The third kappa shape index (κ3) is 1.73. The lowest BCUT2D eigenvalue weighted by Gasteiger charge is -2.09. The summed E-state index contributed by atoms with van der Waals surface area (Å²) in [6.45, 7) is -0.0992. The van der Waals surface area contributed by atoms with Gasteiger partial charge in [-0.2, -0.15) is 4.39 Å². The molecule has 0 atom stereocenters. The lowest BCUT2D eigenvalue weighted by atomic mass is 10.1. The summed E-state index contributed by atoms with van der Waals surface area (Å²) in [7, 11) is 1.28. The molecule has 20 heavy (non-hydrogen) atoms. The first-order valence-corrected chi connectivity index (χ1v) is 5.48. The van der Waals surface area contributed by atoms with Crippen molar-refractivity contribution in [3.05, 3.63) is 23.7 Å². The second-order valence-electron chi connectivity index (χ2n) is 3.89. The van der Waals surface area contributed by atoms with Gasteiger partial charge in [-0.25, -0.2) is 4.79 Å². The van der Waals surface area contributed by atoms with Crippen molar-refractivity contribution < 1.29 is 33.0 Å². The summed E-state index contributed by atoms with van der Waals surface area (Å²) in [6, 6.07) is 2.62. The van der Waals surface area contributed by atoms with Crippen LogP contribution in [0.3, 0.4) is 0 Å². The van der Waals surface area contributed by atoms with Crippen LogP contribution >= 0.6 is 0 Å². The van der Waals surface area contributed by atoms with Crippen molar-refractivity contribution in [1.29, 1.82) is 0 Å². The number of carboxylic acids is 1. The van der Waals surface area contributed by atoms with Crippen molar-refractivity contribution in [3.63, 3.8) is 0 Å². The molecule has 0 saturated carbocycles. The van der Waals surface area contributed by atoms with Crippen molar-refractivity contribution >= 4 is 5.97 Å². The van der Waals surface area contributed by atoms with Gasteiger partial charge >= 0.3 is 5.97 Å². The SMILES string of the molecule is COc1c(-c2cc(C(=O)O)on2)cc2c(c1F)OCO2. The van der Waals surface area contributed by atoms with E-state index in [4.69, 9.17) is 19.3 Å². The predicted octanol–water partition coefficient (Wildman–Crippen LogP) is 1.92. The third-order valence-electron chi connectivity index (χ3n) is 2.76. The average molecular weight is 281 g/mol. The Morgan fingerprint density at radius 2 is 2.25 bits per heavy atom. The van der Waals surface area contributed by atoms with Gasteiger partial charge in [0.25, 0.3) is 0 Å². The third-order valence-corrected chi connectivity index (χ3v) is 2.76. The van der Waals surface area contributed by atoms with E-state index in [1.54, 1.807) is 0 Å². The molecular formula is C12H8FNO6. The Bertz CT molecular complexity index is 695. The van der Waals surface area contributed by atoms with Crippen molar-refractivity contribution in [3.8, 4) is 28.5 Å². The van der Waals surface area contributed by atoms with Crippen LogP contribution < -0.4 is 14.2 Å². The lowest BCUT2D eigenvalue weighted by molar-refractivity contribution is 0.0652. The molecule has 1 aliphatic heterocycles. The van der Waals surface area contributed by atoms with Crippen LogP contribution in [-0.2, 0) is 0 Å². The Hall–Kier alpha value is -2.77. The molecule has 1 aromatic heterocycles. The summed E-state index contributed by atoms with van der Waals surface area (Å²) >= 11 is 0. The first kappa shape index (κ1) is 12.3. The number of methoxy groups -OCH3 is 1. The zero-order chi connectivity index (χ0) is 14.3. The number of halogens is 1. The Kier molecular flexibility index (Phi) is 2.70. The number of ether oxygens (including phenoxy) is 3. The standard InChI is InChI=1S/C12H8FNO6/c1-17-10-5(6-3-8(12(15)16)20-14-6)2-7-11(9(10)13)19-4-18-7/h2-3H,4H2,1H3,(H,15,16). The highest BCUT2D eigenvalue weighted by atomic mass is 19.1. The number of rotatable bonds is 3. The minimum Gasteiger partial charge on any atom is -0.493 e. The topological polar surface area (TPSA) is 91.0 Å². The molecule has 104 valence electrons. The van der Waals surface area contributed by atoms with E-state index in [0.717, 1.165) is 0 Å². The van der Waals surface area contributed by atoms with Gasteiger partial charge in [-0.1, -0.05) is 5.16 Å². The van der Waals surface area contributed by atoms with Gasteiger partial charge in [0.1, 0.15) is 5.69 Å². The number of fused-ring (bicyclic) bond motifs is 1. The zero-order valence-electron chi connectivity index (χ0n) is 10.2. The maximum Gasteiger partial charge on any atom is 0.374 e. The number of aromatic nitrogens is 1. The molecule has 1 aromatic carbocycles. The van der Waals surface area contributed by atoms with Crippen LogP contribution in [0.2, 0.25) is 0 Å².